The van der Waals surface area contributed by atoms with E-state index in [1.807, 2.05) is 0 Å². The van der Waals surface area contributed by atoms with E-state index in [1.54, 1.807) is 23.5 Å². The Kier molecular flexibility index (Phi) is 4.37. The Hall–Kier alpha value is -1.11. The second-order valence-electron chi connectivity index (χ2n) is 2.77. The summed E-state index contributed by atoms with van der Waals surface area (Å²) in [7, 11) is 1.78. The minimum absolute atomic E-state index is 0.226. The van der Waals surface area contributed by atoms with E-state index >= 15 is 0 Å². The summed E-state index contributed by atoms with van der Waals surface area (Å²) in [6.07, 6.45) is 0.912. The van der Waals surface area contributed by atoms with E-state index in [0.29, 0.717) is 6.42 Å². The minimum Gasteiger partial charge on any atom is -0.481 e. The number of aromatic nitrogens is 4. The maximum absolute atomic E-state index is 10.2. The topological polar surface area (TPSA) is 80.9 Å². The Morgan fingerprint density at radius 1 is 1.64 bits per heavy atom. The number of thioether (sulfide) groups is 1. The highest BCUT2D eigenvalue weighted by Gasteiger charge is 2.02. The van der Waals surface area contributed by atoms with E-state index in [9.17, 15) is 4.79 Å². The van der Waals surface area contributed by atoms with Gasteiger partial charge in [-0.1, -0.05) is 0 Å². The Balaban J connectivity index is 2.10. The van der Waals surface area contributed by atoms with Crippen LogP contribution in [0.4, 0.5) is 0 Å². The van der Waals surface area contributed by atoms with Crippen LogP contribution in [0.25, 0.3) is 0 Å². The second kappa shape index (κ2) is 5.58. The van der Waals surface area contributed by atoms with Crippen molar-refractivity contribution in [3.8, 4) is 0 Å². The van der Waals surface area contributed by atoms with Crippen molar-refractivity contribution in [1.82, 2.24) is 20.2 Å². The van der Waals surface area contributed by atoms with Crippen LogP contribution in [0.15, 0.2) is 0 Å². The summed E-state index contributed by atoms with van der Waals surface area (Å²) >= 11 is 1.64. The third kappa shape index (κ3) is 3.73. The van der Waals surface area contributed by atoms with Crippen LogP contribution in [0.2, 0.25) is 0 Å². The van der Waals surface area contributed by atoms with E-state index in [-0.39, 0.29) is 6.42 Å². The van der Waals surface area contributed by atoms with Gasteiger partial charge in [-0.2, -0.15) is 11.8 Å². The largest absolute Gasteiger partial charge is 0.481 e. The first-order chi connectivity index (χ1) is 6.70. The lowest BCUT2D eigenvalue weighted by Crippen LogP contribution is -1.99. The first-order valence-electron chi connectivity index (χ1n) is 4.21. The second-order valence-corrected chi connectivity index (χ2v) is 3.87. The van der Waals surface area contributed by atoms with Crippen molar-refractivity contribution < 1.29 is 9.90 Å². The zero-order valence-corrected chi connectivity index (χ0v) is 8.70. The number of nitrogens with zero attached hydrogens (tertiary/aromatic N) is 4. The van der Waals surface area contributed by atoms with Crippen LogP contribution >= 0.6 is 11.8 Å². The number of carboxylic acid groups (broad SMARTS) is 1. The Morgan fingerprint density at radius 3 is 3.00 bits per heavy atom. The molecule has 0 aromatic carbocycles. The molecule has 1 aromatic rings. The highest BCUT2D eigenvalue weighted by molar-refractivity contribution is 7.98. The normalized spacial score (nSPS) is 10.4. The number of carboxylic acids is 1. The Morgan fingerprint density at radius 2 is 2.43 bits per heavy atom. The minimum atomic E-state index is -0.745. The number of tetrazole rings is 1. The van der Waals surface area contributed by atoms with Gasteiger partial charge in [0, 0.05) is 13.5 Å². The molecule has 1 aromatic heterocycles. The molecule has 7 heteroatoms. The molecule has 0 bridgehead atoms. The zero-order valence-electron chi connectivity index (χ0n) is 7.88. The summed E-state index contributed by atoms with van der Waals surface area (Å²) in [6.45, 7) is 0. The van der Waals surface area contributed by atoms with Crippen LogP contribution in [0.3, 0.4) is 0 Å². The maximum atomic E-state index is 10.2. The summed E-state index contributed by atoms with van der Waals surface area (Å²) in [5.74, 6) is 1.61. The van der Waals surface area contributed by atoms with Gasteiger partial charge in [0.25, 0.3) is 0 Å². The molecule has 0 atom stereocenters. The lowest BCUT2D eigenvalue weighted by molar-refractivity contribution is -0.137. The van der Waals surface area contributed by atoms with Crippen molar-refractivity contribution in [3.05, 3.63) is 5.82 Å². The molecule has 0 fully saturated rings. The molecule has 0 aliphatic heterocycles. The molecule has 1 N–H and O–H groups in total. The van der Waals surface area contributed by atoms with Crippen LogP contribution < -0.4 is 0 Å². The van der Waals surface area contributed by atoms with Crippen LogP contribution in [-0.4, -0.2) is 37.0 Å². The Bertz CT molecular complexity index is 302. The van der Waals surface area contributed by atoms with Gasteiger partial charge in [-0.05, 0) is 22.6 Å². The first-order valence-corrected chi connectivity index (χ1v) is 5.36. The lowest BCUT2D eigenvalue weighted by Gasteiger charge is -1.98. The fraction of sp³-hybridized carbons (Fsp3) is 0.714. The molecule has 1 rings (SSSR count). The van der Waals surface area contributed by atoms with Gasteiger partial charge in [-0.3, -0.25) is 4.79 Å². The fourth-order valence-electron chi connectivity index (χ4n) is 0.859. The smallest absolute Gasteiger partial charge is 0.303 e. The van der Waals surface area contributed by atoms with Crippen LogP contribution in [-0.2, 0) is 17.6 Å². The molecular formula is C7H12N4O2S. The van der Waals surface area contributed by atoms with E-state index in [0.717, 1.165) is 17.3 Å². The molecule has 0 aliphatic carbocycles. The standard InChI is InChI=1S/C7H12N4O2S/c1-11-6(8-9-10-11)5-14-4-2-3-7(12)13/h2-5H2,1H3,(H,12,13). The number of aryl methyl sites for hydroxylation is 1. The monoisotopic (exact) mass is 216 g/mol. The summed E-state index contributed by atoms with van der Waals surface area (Å²) < 4.78 is 1.62. The van der Waals surface area contributed by atoms with E-state index in [4.69, 9.17) is 5.11 Å². The molecule has 0 spiro atoms. The Labute approximate surface area is 85.7 Å². The summed E-state index contributed by atoms with van der Waals surface area (Å²) in [4.78, 5) is 10.2. The zero-order chi connectivity index (χ0) is 10.4. The molecule has 0 radical (unpaired) electrons. The molecule has 6 nitrogen and oxygen atoms in total. The first kappa shape index (κ1) is 11.0. The number of hydrogen-bond donors (Lipinski definition) is 1. The third-order valence-electron chi connectivity index (χ3n) is 1.62. The average Bonchev–Trinajstić information content (AvgIpc) is 2.51. The van der Waals surface area contributed by atoms with E-state index < -0.39 is 5.97 Å². The van der Waals surface area contributed by atoms with Crippen LogP contribution in [0, 0.1) is 0 Å². The van der Waals surface area contributed by atoms with E-state index in [2.05, 4.69) is 15.5 Å². The lowest BCUT2D eigenvalue weighted by atomic mass is 10.3. The quantitative estimate of drug-likeness (QED) is 0.689. The molecule has 0 unspecified atom stereocenters. The van der Waals surface area contributed by atoms with Crippen LogP contribution in [0.5, 0.6) is 0 Å². The van der Waals surface area contributed by atoms with Crippen molar-refractivity contribution >= 4 is 17.7 Å². The molecular weight excluding hydrogens is 204 g/mol. The van der Waals surface area contributed by atoms with Gasteiger partial charge < -0.3 is 5.11 Å². The third-order valence-corrected chi connectivity index (χ3v) is 2.66. The number of rotatable bonds is 6. The van der Waals surface area contributed by atoms with Crippen molar-refractivity contribution in [2.45, 2.75) is 18.6 Å². The van der Waals surface area contributed by atoms with Gasteiger partial charge in [-0.15, -0.1) is 5.10 Å². The molecule has 0 saturated carbocycles. The van der Waals surface area contributed by atoms with Gasteiger partial charge in [0.05, 0.1) is 5.75 Å². The van der Waals surface area contributed by atoms with Crippen molar-refractivity contribution in [2.75, 3.05) is 5.75 Å². The van der Waals surface area contributed by atoms with E-state index in [1.165, 1.54) is 0 Å². The van der Waals surface area contributed by atoms with Crippen molar-refractivity contribution in [2.24, 2.45) is 7.05 Å². The highest BCUT2D eigenvalue weighted by atomic mass is 32.2. The van der Waals surface area contributed by atoms with Gasteiger partial charge in [0.2, 0.25) is 0 Å². The predicted molar refractivity (Wildman–Crippen MR) is 51.8 cm³/mol. The molecule has 0 aliphatic rings. The maximum Gasteiger partial charge on any atom is 0.303 e. The van der Waals surface area contributed by atoms with Gasteiger partial charge >= 0.3 is 5.97 Å². The fourth-order valence-corrected chi connectivity index (χ4v) is 1.78. The molecule has 14 heavy (non-hydrogen) atoms. The molecule has 1 heterocycles. The molecule has 0 amide bonds. The SMILES string of the molecule is Cn1nnnc1CSCCCC(=O)O. The average molecular weight is 216 g/mol. The predicted octanol–water partition coefficient (Wildman–Crippen LogP) is 0.308. The van der Waals surface area contributed by atoms with Crippen molar-refractivity contribution in [3.63, 3.8) is 0 Å². The van der Waals surface area contributed by atoms with Crippen molar-refractivity contribution in [1.29, 1.82) is 0 Å². The highest BCUT2D eigenvalue weighted by Crippen LogP contribution is 2.10. The number of hydrogen-bond acceptors (Lipinski definition) is 5. The number of aliphatic carboxylic acids is 1. The van der Waals surface area contributed by atoms with Gasteiger partial charge in [0.15, 0.2) is 5.82 Å². The van der Waals surface area contributed by atoms with Gasteiger partial charge in [0.1, 0.15) is 0 Å². The summed E-state index contributed by atoms with van der Waals surface area (Å²) in [5, 5.41) is 19.4. The van der Waals surface area contributed by atoms with Crippen LogP contribution in [0.1, 0.15) is 18.7 Å². The molecule has 0 saturated heterocycles. The summed E-state index contributed by atoms with van der Waals surface area (Å²) in [5.41, 5.74) is 0. The molecule has 78 valence electrons. The number of carbonyl (C=O) groups is 1. The van der Waals surface area contributed by atoms with Gasteiger partial charge in [-0.25, -0.2) is 4.68 Å². The summed E-state index contributed by atoms with van der Waals surface area (Å²) in [6, 6.07) is 0.